The number of sulfone groups is 1. The highest BCUT2D eigenvalue weighted by molar-refractivity contribution is 8.23. The summed E-state index contributed by atoms with van der Waals surface area (Å²) >= 11 is 26.7. The van der Waals surface area contributed by atoms with E-state index in [1.54, 1.807) is 66.7 Å². The Morgan fingerprint density at radius 1 is 0.658 bits per heavy atom. The van der Waals surface area contributed by atoms with Crippen LogP contribution in [0.3, 0.4) is 0 Å². The molecule has 0 aromatic heterocycles. The highest BCUT2D eigenvalue weighted by atomic mass is 35.5. The minimum atomic E-state index is -4.20. The van der Waals surface area contributed by atoms with E-state index in [-0.39, 0.29) is 20.5 Å². The van der Waals surface area contributed by atoms with Gasteiger partial charge in [-0.25, -0.2) is 8.42 Å². The van der Waals surface area contributed by atoms with Crippen molar-refractivity contribution in [1.82, 2.24) is 5.32 Å². The van der Waals surface area contributed by atoms with Crippen LogP contribution in [0.25, 0.3) is 0 Å². The summed E-state index contributed by atoms with van der Waals surface area (Å²) in [6, 6.07) is 26.1. The number of carbonyl (C=O) groups excluding carboxylic acids is 1. The van der Waals surface area contributed by atoms with Crippen LogP contribution in [0.15, 0.2) is 121 Å². The molecule has 4 rings (SSSR count). The predicted octanol–water partition coefficient (Wildman–Crippen LogP) is 9.22. The molecule has 0 heterocycles. The maximum absolute atomic E-state index is 14.0. The van der Waals surface area contributed by atoms with Crippen molar-refractivity contribution >= 4 is 85.7 Å². The van der Waals surface area contributed by atoms with E-state index in [4.69, 9.17) is 46.4 Å². The van der Waals surface area contributed by atoms with Gasteiger partial charge in [-0.1, -0.05) is 88.1 Å². The quantitative estimate of drug-likeness (QED) is 0.195. The molecule has 1 amide bonds. The van der Waals surface area contributed by atoms with Crippen LogP contribution in [0.5, 0.6) is 0 Å². The van der Waals surface area contributed by atoms with Crippen LogP contribution < -0.4 is 5.32 Å². The highest BCUT2D eigenvalue weighted by Gasteiger charge is 2.29. The number of halogens is 4. The molecular formula is C27H17Cl4NO3S3. The largest absolute Gasteiger partial charge is 0.311 e. The third kappa shape index (κ3) is 7.30. The molecule has 0 atom stereocenters. The minimum absolute atomic E-state index is 0.0171. The smallest absolute Gasteiger partial charge is 0.257 e. The number of nitrogens with one attached hydrogen (secondary N) is 1. The van der Waals surface area contributed by atoms with Crippen LogP contribution in [0.1, 0.15) is 10.4 Å². The molecule has 194 valence electrons. The standard InChI is InChI=1S/C27H17Cl4NO3S3/c28-17-6-11-20(12-7-17)36-27(37-21-13-8-18(29)9-14-21)26(38(34,35)22-4-2-1-3-5-22)32-25(33)23-15-10-19(30)16-24(23)31/h1-16H,(H,32,33). The van der Waals surface area contributed by atoms with Crippen molar-refractivity contribution in [3.63, 3.8) is 0 Å². The third-order valence-electron chi connectivity index (χ3n) is 4.96. The number of amides is 1. The van der Waals surface area contributed by atoms with Crippen molar-refractivity contribution in [2.75, 3.05) is 0 Å². The first kappa shape index (κ1) is 28.9. The Kier molecular flexibility index (Phi) is 9.76. The Labute approximate surface area is 249 Å². The second-order valence-corrected chi connectivity index (χ2v) is 13.7. The van der Waals surface area contributed by atoms with Crippen molar-refractivity contribution in [2.24, 2.45) is 0 Å². The molecule has 0 fully saturated rings. The molecular weight excluding hydrogens is 624 g/mol. The highest BCUT2D eigenvalue weighted by Crippen LogP contribution is 2.43. The molecule has 0 radical (unpaired) electrons. The zero-order chi connectivity index (χ0) is 27.3. The average molecular weight is 641 g/mol. The molecule has 0 saturated carbocycles. The van der Waals surface area contributed by atoms with Gasteiger partial charge in [0, 0.05) is 24.9 Å². The predicted molar refractivity (Wildman–Crippen MR) is 159 cm³/mol. The lowest BCUT2D eigenvalue weighted by molar-refractivity contribution is 0.0968. The Morgan fingerprint density at radius 2 is 1.16 bits per heavy atom. The Bertz CT molecular complexity index is 1540. The Balaban J connectivity index is 1.89. The zero-order valence-electron chi connectivity index (χ0n) is 19.2. The number of hydrogen-bond acceptors (Lipinski definition) is 5. The van der Waals surface area contributed by atoms with Crippen molar-refractivity contribution in [1.29, 1.82) is 0 Å². The zero-order valence-corrected chi connectivity index (χ0v) is 24.7. The summed E-state index contributed by atoms with van der Waals surface area (Å²) < 4.78 is 28.2. The van der Waals surface area contributed by atoms with E-state index in [9.17, 15) is 13.2 Å². The first-order chi connectivity index (χ1) is 18.1. The van der Waals surface area contributed by atoms with E-state index < -0.39 is 15.7 Å². The molecule has 38 heavy (non-hydrogen) atoms. The summed E-state index contributed by atoms with van der Waals surface area (Å²) in [7, 11) is -4.20. The summed E-state index contributed by atoms with van der Waals surface area (Å²) in [5.41, 5.74) is 0.0733. The lowest BCUT2D eigenvalue weighted by Crippen LogP contribution is -2.29. The fourth-order valence-corrected chi connectivity index (χ4v) is 7.98. The van der Waals surface area contributed by atoms with E-state index >= 15 is 0 Å². The van der Waals surface area contributed by atoms with Gasteiger partial charge in [-0.2, -0.15) is 0 Å². The van der Waals surface area contributed by atoms with Crippen molar-refractivity contribution in [2.45, 2.75) is 14.7 Å². The molecule has 0 aliphatic carbocycles. The van der Waals surface area contributed by atoms with Gasteiger partial charge in [0.1, 0.15) is 0 Å². The molecule has 4 nitrogen and oxygen atoms in total. The maximum atomic E-state index is 14.0. The second-order valence-electron chi connectivity index (χ2n) is 7.62. The maximum Gasteiger partial charge on any atom is 0.257 e. The van der Waals surface area contributed by atoms with Gasteiger partial charge in [-0.3, -0.25) is 4.79 Å². The summed E-state index contributed by atoms with van der Waals surface area (Å²) in [6.45, 7) is 0. The van der Waals surface area contributed by atoms with E-state index in [0.717, 1.165) is 0 Å². The molecule has 0 bridgehead atoms. The van der Waals surface area contributed by atoms with Gasteiger partial charge >= 0.3 is 0 Å². The van der Waals surface area contributed by atoms with E-state index in [2.05, 4.69) is 5.32 Å². The topological polar surface area (TPSA) is 63.2 Å². The number of benzene rings is 4. The Morgan fingerprint density at radius 3 is 1.66 bits per heavy atom. The number of thioether (sulfide) groups is 2. The second kappa shape index (κ2) is 12.8. The first-order valence-corrected chi connectivity index (χ1v) is 15.4. The summed E-state index contributed by atoms with van der Waals surface area (Å²) in [6.07, 6.45) is 0. The van der Waals surface area contributed by atoms with E-state index in [0.29, 0.717) is 29.1 Å². The van der Waals surface area contributed by atoms with E-state index in [1.807, 2.05) is 0 Å². The van der Waals surface area contributed by atoms with Gasteiger partial charge in [0.2, 0.25) is 9.84 Å². The third-order valence-corrected chi connectivity index (χ3v) is 10.3. The fraction of sp³-hybridized carbons (Fsp3) is 0. The van der Waals surface area contributed by atoms with Crippen LogP contribution in [-0.4, -0.2) is 14.3 Å². The minimum Gasteiger partial charge on any atom is -0.311 e. The summed E-state index contributed by atoms with van der Waals surface area (Å²) in [4.78, 5) is 14.8. The lowest BCUT2D eigenvalue weighted by Gasteiger charge is -2.17. The molecule has 0 aliphatic heterocycles. The lowest BCUT2D eigenvalue weighted by atomic mass is 10.2. The van der Waals surface area contributed by atoms with Gasteiger partial charge in [-0.05, 0) is 78.9 Å². The summed E-state index contributed by atoms with van der Waals surface area (Å²) in [5, 5.41) is 3.84. The summed E-state index contributed by atoms with van der Waals surface area (Å²) in [5.74, 6) is -0.702. The first-order valence-electron chi connectivity index (χ1n) is 10.8. The average Bonchev–Trinajstić information content (AvgIpc) is 2.90. The monoisotopic (exact) mass is 639 g/mol. The molecule has 4 aromatic rings. The van der Waals surface area contributed by atoms with Gasteiger partial charge < -0.3 is 5.32 Å². The number of carbonyl (C=O) groups is 1. The molecule has 1 N–H and O–H groups in total. The molecule has 4 aromatic carbocycles. The van der Waals surface area contributed by atoms with Gasteiger partial charge in [0.25, 0.3) is 5.91 Å². The SMILES string of the molecule is O=C(NC(=C(Sc1ccc(Cl)cc1)Sc1ccc(Cl)cc1)S(=O)(=O)c1ccccc1)c1ccc(Cl)cc1Cl. The van der Waals surface area contributed by atoms with E-state index in [1.165, 1.54) is 53.9 Å². The van der Waals surface area contributed by atoms with Gasteiger partial charge in [-0.15, -0.1) is 0 Å². The van der Waals surface area contributed by atoms with Gasteiger partial charge in [0.15, 0.2) is 5.03 Å². The van der Waals surface area contributed by atoms with Crippen LogP contribution in [-0.2, 0) is 9.84 Å². The molecule has 11 heteroatoms. The molecule has 0 spiro atoms. The van der Waals surface area contributed by atoms with Crippen molar-refractivity contribution < 1.29 is 13.2 Å². The normalized spacial score (nSPS) is 11.2. The number of hydrogen-bond donors (Lipinski definition) is 1. The molecule has 0 aliphatic rings. The van der Waals surface area contributed by atoms with Crippen LogP contribution in [0.2, 0.25) is 20.1 Å². The van der Waals surface area contributed by atoms with Crippen molar-refractivity contribution in [3.8, 4) is 0 Å². The Hall–Kier alpha value is -2.10. The fourth-order valence-electron chi connectivity index (χ4n) is 3.12. The molecule has 0 unspecified atom stereocenters. The van der Waals surface area contributed by atoms with Crippen LogP contribution in [0.4, 0.5) is 0 Å². The number of rotatable bonds is 8. The van der Waals surface area contributed by atoms with Crippen molar-refractivity contribution in [3.05, 3.63) is 132 Å². The van der Waals surface area contributed by atoms with Crippen LogP contribution in [0, 0.1) is 0 Å². The van der Waals surface area contributed by atoms with Gasteiger partial charge in [0.05, 0.1) is 19.7 Å². The molecule has 0 saturated heterocycles. The van der Waals surface area contributed by atoms with Crippen LogP contribution >= 0.6 is 69.9 Å².